The lowest BCUT2D eigenvalue weighted by Crippen LogP contribution is -2.47. The fourth-order valence-electron chi connectivity index (χ4n) is 2.87. The van der Waals surface area contributed by atoms with E-state index in [1.54, 1.807) is 30.2 Å². The van der Waals surface area contributed by atoms with Crippen molar-refractivity contribution in [1.82, 2.24) is 20.1 Å². The number of hydrogen-bond acceptors (Lipinski definition) is 5. The largest absolute Gasteiger partial charge is 0.497 e. The number of benzene rings is 1. The Labute approximate surface area is 158 Å². The maximum absolute atomic E-state index is 12.6. The van der Waals surface area contributed by atoms with Crippen LogP contribution in [0.15, 0.2) is 42.5 Å². The molecule has 0 saturated carbocycles. The molecule has 27 heavy (non-hydrogen) atoms. The van der Waals surface area contributed by atoms with Crippen LogP contribution in [0.3, 0.4) is 0 Å². The van der Waals surface area contributed by atoms with Crippen LogP contribution in [-0.4, -0.2) is 66.9 Å². The third-order valence-corrected chi connectivity index (χ3v) is 4.60. The number of carbonyl (C=O) groups is 2. The summed E-state index contributed by atoms with van der Waals surface area (Å²) in [7, 11) is 3.65. The molecule has 2 heterocycles. The quantitative estimate of drug-likeness (QED) is 0.864. The fraction of sp³-hybridized carbons (Fsp3) is 0.350. The molecule has 7 nitrogen and oxygen atoms in total. The van der Waals surface area contributed by atoms with E-state index in [4.69, 9.17) is 4.74 Å². The van der Waals surface area contributed by atoms with E-state index in [0.717, 1.165) is 24.4 Å². The van der Waals surface area contributed by atoms with Crippen LogP contribution < -0.4 is 10.1 Å². The third kappa shape index (κ3) is 4.83. The zero-order valence-electron chi connectivity index (χ0n) is 15.6. The molecule has 0 radical (unpaired) electrons. The normalized spacial score (nSPS) is 14.7. The van der Waals surface area contributed by atoms with Crippen LogP contribution in [0.1, 0.15) is 26.5 Å². The van der Waals surface area contributed by atoms with E-state index in [1.165, 1.54) is 0 Å². The molecule has 7 heteroatoms. The van der Waals surface area contributed by atoms with Gasteiger partial charge >= 0.3 is 0 Å². The lowest BCUT2D eigenvalue weighted by molar-refractivity contribution is 0.0658. The highest BCUT2D eigenvalue weighted by atomic mass is 16.5. The van der Waals surface area contributed by atoms with Gasteiger partial charge in [-0.3, -0.25) is 9.59 Å². The number of hydrogen-bond donors (Lipinski definition) is 1. The van der Waals surface area contributed by atoms with Gasteiger partial charge in [-0.2, -0.15) is 0 Å². The first-order valence-corrected chi connectivity index (χ1v) is 8.93. The average molecular weight is 368 g/mol. The van der Waals surface area contributed by atoms with Gasteiger partial charge in [0.15, 0.2) is 0 Å². The minimum Gasteiger partial charge on any atom is -0.497 e. The molecule has 0 bridgehead atoms. The Morgan fingerprint density at radius 1 is 1.04 bits per heavy atom. The van der Waals surface area contributed by atoms with E-state index in [-0.39, 0.29) is 17.5 Å². The van der Waals surface area contributed by atoms with Gasteiger partial charge in [0.25, 0.3) is 11.8 Å². The van der Waals surface area contributed by atoms with Crippen LogP contribution in [0, 0.1) is 0 Å². The number of methoxy groups -OCH3 is 1. The van der Waals surface area contributed by atoms with E-state index >= 15 is 0 Å². The van der Waals surface area contributed by atoms with Gasteiger partial charge in [-0.25, -0.2) is 4.98 Å². The van der Waals surface area contributed by atoms with Crippen molar-refractivity contribution in [2.24, 2.45) is 0 Å². The number of likely N-dealkylation sites (N-methyl/N-ethyl adjacent to an activating group) is 1. The molecule has 0 spiro atoms. The molecule has 2 amide bonds. The molecule has 142 valence electrons. The molecule has 1 aromatic heterocycles. The highest BCUT2D eigenvalue weighted by Crippen LogP contribution is 2.11. The zero-order chi connectivity index (χ0) is 19.2. The highest BCUT2D eigenvalue weighted by Gasteiger charge is 2.22. The number of carbonyl (C=O) groups excluding carboxylic acids is 2. The Morgan fingerprint density at radius 2 is 1.70 bits per heavy atom. The van der Waals surface area contributed by atoms with Gasteiger partial charge < -0.3 is 19.9 Å². The molecule has 0 atom stereocenters. The summed E-state index contributed by atoms with van der Waals surface area (Å²) in [4.78, 5) is 33.3. The molecule has 1 saturated heterocycles. The topological polar surface area (TPSA) is 74.8 Å². The lowest BCUT2D eigenvalue weighted by atomic mass is 10.2. The summed E-state index contributed by atoms with van der Waals surface area (Å²) in [5.41, 5.74) is 1.49. The van der Waals surface area contributed by atoms with Crippen molar-refractivity contribution >= 4 is 11.8 Å². The Kier molecular flexibility index (Phi) is 6.03. The lowest BCUT2D eigenvalue weighted by Gasteiger charge is -2.32. The SMILES string of the molecule is COc1ccc(CNC(=O)c2cccc(C(=O)N3CCN(C)CC3)n2)cc1. The predicted octanol–water partition coefficient (Wildman–Crippen LogP) is 1.41. The summed E-state index contributed by atoms with van der Waals surface area (Å²) in [6, 6.07) is 12.4. The summed E-state index contributed by atoms with van der Waals surface area (Å²) in [5, 5.41) is 2.83. The predicted molar refractivity (Wildman–Crippen MR) is 102 cm³/mol. The Morgan fingerprint density at radius 3 is 2.37 bits per heavy atom. The van der Waals surface area contributed by atoms with Crippen molar-refractivity contribution in [3.63, 3.8) is 0 Å². The minimum atomic E-state index is -0.307. The number of ether oxygens (including phenoxy) is 1. The van der Waals surface area contributed by atoms with Crippen molar-refractivity contribution in [2.45, 2.75) is 6.54 Å². The van der Waals surface area contributed by atoms with Crippen LogP contribution in [0.5, 0.6) is 5.75 Å². The fourth-order valence-corrected chi connectivity index (χ4v) is 2.87. The van der Waals surface area contributed by atoms with Crippen molar-refractivity contribution < 1.29 is 14.3 Å². The summed E-state index contributed by atoms with van der Waals surface area (Å²) in [5.74, 6) is 0.327. The van der Waals surface area contributed by atoms with Crippen molar-refractivity contribution in [2.75, 3.05) is 40.3 Å². The highest BCUT2D eigenvalue weighted by molar-refractivity contribution is 5.96. The van der Waals surface area contributed by atoms with E-state index in [0.29, 0.717) is 25.3 Å². The summed E-state index contributed by atoms with van der Waals surface area (Å²) in [6.45, 7) is 3.40. The number of amides is 2. The number of piperazine rings is 1. The Hall–Kier alpha value is -2.93. The first kappa shape index (κ1) is 18.8. The molecule has 1 aromatic carbocycles. The van der Waals surface area contributed by atoms with Crippen LogP contribution >= 0.6 is 0 Å². The van der Waals surface area contributed by atoms with Crippen LogP contribution in [0.25, 0.3) is 0 Å². The molecule has 1 aliphatic heterocycles. The van der Waals surface area contributed by atoms with Gasteiger partial charge in [0.2, 0.25) is 0 Å². The van der Waals surface area contributed by atoms with Gasteiger partial charge in [0.05, 0.1) is 7.11 Å². The Bertz CT molecular complexity index is 799. The van der Waals surface area contributed by atoms with E-state index in [1.807, 2.05) is 31.3 Å². The van der Waals surface area contributed by atoms with Crippen LogP contribution in [0.2, 0.25) is 0 Å². The summed E-state index contributed by atoms with van der Waals surface area (Å²) < 4.78 is 5.12. The van der Waals surface area contributed by atoms with Gasteiger partial charge in [-0.1, -0.05) is 18.2 Å². The van der Waals surface area contributed by atoms with E-state index in [9.17, 15) is 9.59 Å². The molecule has 1 fully saturated rings. The van der Waals surface area contributed by atoms with Crippen LogP contribution in [0.4, 0.5) is 0 Å². The number of aromatic nitrogens is 1. The maximum atomic E-state index is 12.6. The van der Waals surface area contributed by atoms with Crippen molar-refractivity contribution in [1.29, 1.82) is 0 Å². The van der Waals surface area contributed by atoms with Gasteiger partial charge in [-0.15, -0.1) is 0 Å². The minimum absolute atomic E-state index is 0.132. The second kappa shape index (κ2) is 8.64. The smallest absolute Gasteiger partial charge is 0.272 e. The molecular weight excluding hydrogens is 344 g/mol. The second-order valence-electron chi connectivity index (χ2n) is 6.53. The monoisotopic (exact) mass is 368 g/mol. The van der Waals surface area contributed by atoms with Crippen LogP contribution in [-0.2, 0) is 6.54 Å². The van der Waals surface area contributed by atoms with Crippen molar-refractivity contribution in [3.05, 3.63) is 59.4 Å². The molecule has 0 unspecified atom stereocenters. The first-order valence-electron chi connectivity index (χ1n) is 8.93. The van der Waals surface area contributed by atoms with E-state index in [2.05, 4.69) is 15.2 Å². The van der Waals surface area contributed by atoms with Crippen molar-refractivity contribution in [3.8, 4) is 5.75 Å². The maximum Gasteiger partial charge on any atom is 0.272 e. The van der Waals surface area contributed by atoms with Gasteiger partial charge in [0.1, 0.15) is 17.1 Å². The second-order valence-corrected chi connectivity index (χ2v) is 6.53. The molecule has 2 aromatic rings. The summed E-state index contributed by atoms with van der Waals surface area (Å²) in [6.07, 6.45) is 0. The number of nitrogens with one attached hydrogen (secondary N) is 1. The number of pyridine rings is 1. The summed E-state index contributed by atoms with van der Waals surface area (Å²) >= 11 is 0. The molecule has 0 aliphatic carbocycles. The van der Waals surface area contributed by atoms with Gasteiger partial charge in [0, 0.05) is 32.7 Å². The molecular formula is C20H24N4O3. The molecule has 1 aliphatic rings. The Balaban J connectivity index is 1.61. The first-order chi connectivity index (χ1) is 13.1. The van der Waals surface area contributed by atoms with Gasteiger partial charge in [-0.05, 0) is 36.9 Å². The number of nitrogens with zero attached hydrogens (tertiary/aromatic N) is 3. The average Bonchev–Trinajstić information content (AvgIpc) is 2.72. The zero-order valence-corrected chi connectivity index (χ0v) is 15.6. The third-order valence-electron chi connectivity index (χ3n) is 4.60. The van der Waals surface area contributed by atoms with E-state index < -0.39 is 0 Å². The molecule has 1 N–H and O–H groups in total. The number of rotatable bonds is 5. The standard InChI is InChI=1S/C20H24N4O3/c1-23-10-12-24(13-11-23)20(26)18-5-3-4-17(22-18)19(25)21-14-15-6-8-16(27-2)9-7-15/h3-9H,10-14H2,1-2H3,(H,21,25). The molecule has 3 rings (SSSR count).